The van der Waals surface area contributed by atoms with Gasteiger partial charge in [-0.3, -0.25) is 4.18 Å². The molecule has 1 aromatic carbocycles. The molecule has 0 aliphatic carbocycles. The minimum atomic E-state index is -3.52. The minimum Gasteiger partial charge on any atom is -0.386 e. The van der Waals surface area contributed by atoms with E-state index in [9.17, 15) is 13.5 Å². The SMILES string of the molecule is CC(C)(C)c1ccc([C@@H](O)COS(C)(=O)=O)cc1. The average molecular weight is 272 g/mol. The Morgan fingerprint density at radius 2 is 1.72 bits per heavy atom. The van der Waals surface area contributed by atoms with Gasteiger partial charge in [0.1, 0.15) is 6.10 Å². The predicted octanol–water partition coefficient (Wildman–Crippen LogP) is 1.99. The van der Waals surface area contributed by atoms with E-state index in [1.54, 1.807) is 12.1 Å². The quantitative estimate of drug-likeness (QED) is 0.851. The van der Waals surface area contributed by atoms with Crippen LogP contribution in [0.15, 0.2) is 24.3 Å². The molecule has 102 valence electrons. The Morgan fingerprint density at radius 3 is 2.11 bits per heavy atom. The smallest absolute Gasteiger partial charge is 0.264 e. The van der Waals surface area contributed by atoms with Gasteiger partial charge in [-0.2, -0.15) is 8.42 Å². The Hall–Kier alpha value is -0.910. The molecule has 0 unspecified atom stereocenters. The largest absolute Gasteiger partial charge is 0.386 e. The molecule has 0 heterocycles. The predicted molar refractivity (Wildman–Crippen MR) is 70.9 cm³/mol. The van der Waals surface area contributed by atoms with Crippen LogP contribution in [0.4, 0.5) is 0 Å². The van der Waals surface area contributed by atoms with Gasteiger partial charge in [-0.15, -0.1) is 0 Å². The van der Waals surface area contributed by atoms with E-state index in [-0.39, 0.29) is 12.0 Å². The number of hydrogen-bond acceptors (Lipinski definition) is 4. The van der Waals surface area contributed by atoms with Gasteiger partial charge in [0.2, 0.25) is 0 Å². The lowest BCUT2D eigenvalue weighted by molar-refractivity contribution is 0.112. The molecule has 0 spiro atoms. The third-order valence-corrected chi connectivity index (χ3v) is 3.17. The van der Waals surface area contributed by atoms with Crippen molar-refractivity contribution in [3.63, 3.8) is 0 Å². The van der Waals surface area contributed by atoms with Crippen LogP contribution in [0.25, 0.3) is 0 Å². The van der Waals surface area contributed by atoms with Crippen LogP contribution in [-0.2, 0) is 19.7 Å². The maximum atomic E-state index is 10.8. The zero-order valence-electron chi connectivity index (χ0n) is 11.2. The van der Waals surface area contributed by atoms with Crippen LogP contribution in [0.2, 0.25) is 0 Å². The average Bonchev–Trinajstić information content (AvgIpc) is 2.24. The number of hydrogen-bond donors (Lipinski definition) is 1. The fourth-order valence-corrected chi connectivity index (χ4v) is 1.87. The van der Waals surface area contributed by atoms with Crippen LogP contribution in [0.5, 0.6) is 0 Å². The molecule has 5 heteroatoms. The maximum absolute atomic E-state index is 10.8. The first-order valence-electron chi connectivity index (χ1n) is 5.72. The first kappa shape index (κ1) is 15.1. The monoisotopic (exact) mass is 272 g/mol. The fourth-order valence-electron chi connectivity index (χ4n) is 1.49. The summed E-state index contributed by atoms with van der Waals surface area (Å²) in [5, 5.41) is 9.79. The highest BCUT2D eigenvalue weighted by Crippen LogP contribution is 2.24. The molecule has 18 heavy (non-hydrogen) atoms. The Morgan fingerprint density at radius 1 is 1.22 bits per heavy atom. The van der Waals surface area contributed by atoms with Crippen LogP contribution in [0, 0.1) is 0 Å². The molecular formula is C13H20O4S. The molecule has 0 aliphatic rings. The second kappa shape index (κ2) is 5.38. The lowest BCUT2D eigenvalue weighted by Gasteiger charge is -2.20. The fraction of sp³-hybridized carbons (Fsp3) is 0.538. The topological polar surface area (TPSA) is 63.6 Å². The number of aliphatic hydroxyl groups excluding tert-OH is 1. The Kier molecular flexibility index (Phi) is 4.53. The molecule has 0 fully saturated rings. The second-order valence-corrected chi connectivity index (χ2v) is 7.02. The summed E-state index contributed by atoms with van der Waals surface area (Å²) in [6, 6.07) is 7.44. The van der Waals surface area contributed by atoms with E-state index < -0.39 is 16.2 Å². The third-order valence-electron chi connectivity index (χ3n) is 2.60. The molecule has 0 saturated carbocycles. The normalized spacial score (nSPS) is 14.5. The van der Waals surface area contributed by atoms with E-state index in [0.29, 0.717) is 5.56 Å². The van der Waals surface area contributed by atoms with Crippen LogP contribution >= 0.6 is 0 Å². The van der Waals surface area contributed by atoms with E-state index in [1.807, 2.05) is 12.1 Å². The molecule has 0 bridgehead atoms. The zero-order valence-corrected chi connectivity index (χ0v) is 12.0. The molecule has 1 atom stereocenters. The van der Waals surface area contributed by atoms with Crippen molar-refractivity contribution in [3.8, 4) is 0 Å². The summed E-state index contributed by atoms with van der Waals surface area (Å²) >= 11 is 0. The van der Waals surface area contributed by atoms with Crippen molar-refractivity contribution < 1.29 is 17.7 Å². The second-order valence-electron chi connectivity index (χ2n) is 5.38. The number of aliphatic hydroxyl groups is 1. The summed E-state index contributed by atoms with van der Waals surface area (Å²) < 4.78 is 26.2. The lowest BCUT2D eigenvalue weighted by Crippen LogP contribution is -2.13. The molecule has 0 amide bonds. The van der Waals surface area contributed by atoms with Crippen molar-refractivity contribution in [2.75, 3.05) is 12.9 Å². The molecule has 1 rings (SSSR count). The third kappa shape index (κ3) is 4.76. The van der Waals surface area contributed by atoms with Crippen molar-refractivity contribution in [1.29, 1.82) is 0 Å². The van der Waals surface area contributed by atoms with Gasteiger partial charge in [-0.05, 0) is 16.5 Å². The first-order chi connectivity index (χ1) is 8.09. The summed E-state index contributed by atoms with van der Waals surface area (Å²) in [7, 11) is -3.52. The van der Waals surface area contributed by atoms with Gasteiger partial charge in [-0.25, -0.2) is 0 Å². The summed E-state index contributed by atoms with van der Waals surface area (Å²) in [5.74, 6) is 0. The van der Waals surface area contributed by atoms with Crippen molar-refractivity contribution in [2.45, 2.75) is 32.3 Å². The highest BCUT2D eigenvalue weighted by molar-refractivity contribution is 7.85. The van der Waals surface area contributed by atoms with Crippen LogP contribution in [0.1, 0.15) is 38.0 Å². The van der Waals surface area contributed by atoms with Crippen molar-refractivity contribution in [1.82, 2.24) is 0 Å². The molecule has 1 N–H and O–H groups in total. The van der Waals surface area contributed by atoms with Crippen LogP contribution in [-0.4, -0.2) is 26.4 Å². The Bertz CT molecular complexity index is 483. The number of rotatable bonds is 4. The van der Waals surface area contributed by atoms with Gasteiger partial charge in [-0.1, -0.05) is 45.0 Å². The minimum absolute atomic E-state index is 0.0484. The molecule has 0 saturated heterocycles. The summed E-state index contributed by atoms with van der Waals surface area (Å²) in [5.41, 5.74) is 1.85. The van der Waals surface area contributed by atoms with E-state index in [2.05, 4.69) is 25.0 Å². The summed E-state index contributed by atoms with van der Waals surface area (Å²) in [4.78, 5) is 0. The zero-order chi connectivity index (χ0) is 14.0. The first-order valence-corrected chi connectivity index (χ1v) is 7.54. The Labute approximate surface area is 109 Å². The highest BCUT2D eigenvalue weighted by Gasteiger charge is 2.15. The van der Waals surface area contributed by atoms with E-state index in [4.69, 9.17) is 0 Å². The van der Waals surface area contributed by atoms with Crippen LogP contribution < -0.4 is 0 Å². The van der Waals surface area contributed by atoms with E-state index in [1.165, 1.54) is 0 Å². The molecular weight excluding hydrogens is 252 g/mol. The van der Waals surface area contributed by atoms with Crippen molar-refractivity contribution in [3.05, 3.63) is 35.4 Å². The maximum Gasteiger partial charge on any atom is 0.264 e. The van der Waals surface area contributed by atoms with Gasteiger partial charge in [0.25, 0.3) is 10.1 Å². The molecule has 1 aromatic rings. The van der Waals surface area contributed by atoms with E-state index >= 15 is 0 Å². The van der Waals surface area contributed by atoms with E-state index in [0.717, 1.165) is 11.8 Å². The van der Waals surface area contributed by atoms with Crippen LogP contribution in [0.3, 0.4) is 0 Å². The van der Waals surface area contributed by atoms with Gasteiger partial charge in [0, 0.05) is 0 Å². The standard InChI is InChI=1S/C13H20O4S/c1-13(2,3)11-7-5-10(6-8-11)12(14)9-17-18(4,15)16/h5-8,12,14H,9H2,1-4H3/t12-/m0/s1. The highest BCUT2D eigenvalue weighted by atomic mass is 32.2. The van der Waals surface area contributed by atoms with Gasteiger partial charge < -0.3 is 5.11 Å². The molecule has 0 aliphatic heterocycles. The molecule has 0 aromatic heterocycles. The van der Waals surface area contributed by atoms with Crippen molar-refractivity contribution in [2.24, 2.45) is 0 Å². The summed E-state index contributed by atoms with van der Waals surface area (Å²) in [6.45, 7) is 6.05. The van der Waals surface area contributed by atoms with Crippen molar-refractivity contribution >= 4 is 10.1 Å². The Balaban J connectivity index is 2.74. The van der Waals surface area contributed by atoms with Gasteiger partial charge in [0.15, 0.2) is 0 Å². The number of benzene rings is 1. The molecule has 4 nitrogen and oxygen atoms in total. The summed E-state index contributed by atoms with van der Waals surface area (Å²) in [6.07, 6.45) is 0.0244. The molecule has 0 radical (unpaired) electrons. The van der Waals surface area contributed by atoms with Gasteiger partial charge in [0.05, 0.1) is 12.9 Å². The lowest BCUT2D eigenvalue weighted by atomic mass is 9.86. The van der Waals surface area contributed by atoms with Gasteiger partial charge >= 0.3 is 0 Å².